The lowest BCUT2D eigenvalue weighted by Crippen LogP contribution is -2.17. The fraction of sp³-hybridized carbons (Fsp3) is 0.217. The van der Waals surface area contributed by atoms with Crippen LogP contribution in [0.4, 0.5) is 17.6 Å². The molecule has 1 atom stereocenters. The molecule has 2 heterocycles. The van der Waals surface area contributed by atoms with Gasteiger partial charge in [0, 0.05) is 31.3 Å². The summed E-state index contributed by atoms with van der Waals surface area (Å²) in [7, 11) is 1.63. The first-order valence-electron chi connectivity index (χ1n) is 9.82. The first-order valence-corrected chi connectivity index (χ1v) is 9.82. The molecule has 0 bridgehead atoms. The van der Waals surface area contributed by atoms with Gasteiger partial charge in [-0.1, -0.05) is 30.3 Å². The Bertz CT molecular complexity index is 1300. The number of ether oxygens (including phenoxy) is 1. The third-order valence-corrected chi connectivity index (χ3v) is 5.06. The summed E-state index contributed by atoms with van der Waals surface area (Å²) in [5.74, 6) is 0.388. The highest BCUT2D eigenvalue weighted by Gasteiger charge is 2.27. The Kier molecular flexibility index (Phi) is 5.73. The second-order valence-electron chi connectivity index (χ2n) is 7.29. The molecule has 0 radical (unpaired) electrons. The van der Waals surface area contributed by atoms with Gasteiger partial charge in [-0.25, -0.2) is 4.98 Å². The van der Waals surface area contributed by atoms with Crippen molar-refractivity contribution in [3.05, 3.63) is 88.6 Å². The van der Waals surface area contributed by atoms with Crippen molar-refractivity contribution in [1.82, 2.24) is 14.1 Å². The van der Waals surface area contributed by atoms with E-state index in [9.17, 15) is 22.4 Å². The summed E-state index contributed by atoms with van der Waals surface area (Å²) in [5.41, 5.74) is 1.52. The molecular formula is C23H19F4N3O2. The number of fused-ring (bicyclic) bond motifs is 1. The van der Waals surface area contributed by atoms with Gasteiger partial charge in [0.15, 0.2) is 0 Å². The number of halogens is 4. The van der Waals surface area contributed by atoms with Crippen molar-refractivity contribution in [3.8, 4) is 11.4 Å². The molecule has 0 amide bonds. The number of aryl methyl sites for hydroxylation is 2. The molecule has 0 aliphatic carbocycles. The molecular weight excluding hydrogens is 426 g/mol. The van der Waals surface area contributed by atoms with E-state index in [1.54, 1.807) is 60.1 Å². The lowest BCUT2D eigenvalue weighted by atomic mass is 10.2. The number of hydrogen-bond donors (Lipinski definition) is 0. The molecule has 2 aromatic carbocycles. The van der Waals surface area contributed by atoms with Gasteiger partial charge in [-0.05, 0) is 24.3 Å². The fourth-order valence-corrected chi connectivity index (χ4v) is 3.39. The predicted octanol–water partition coefficient (Wildman–Crippen LogP) is 5.27. The zero-order valence-electron chi connectivity index (χ0n) is 17.0. The molecule has 1 unspecified atom stereocenters. The van der Waals surface area contributed by atoms with Crippen LogP contribution in [0.15, 0.2) is 71.7 Å². The molecule has 0 fully saturated rings. The number of benzene rings is 2. The molecule has 0 saturated heterocycles. The van der Waals surface area contributed by atoms with Crippen LogP contribution >= 0.6 is 0 Å². The first kappa shape index (κ1) is 21.6. The summed E-state index contributed by atoms with van der Waals surface area (Å²) in [6.45, 7) is 0. The second kappa shape index (κ2) is 8.49. The van der Waals surface area contributed by atoms with E-state index in [-0.39, 0.29) is 12.2 Å². The van der Waals surface area contributed by atoms with Crippen LogP contribution in [0, 0.1) is 0 Å². The number of imidazole rings is 1. The van der Waals surface area contributed by atoms with Gasteiger partial charge >= 0.3 is 6.18 Å². The van der Waals surface area contributed by atoms with Gasteiger partial charge < -0.3 is 9.30 Å². The number of hydrogen-bond acceptors (Lipinski definition) is 3. The number of aromatic nitrogens is 3. The van der Waals surface area contributed by atoms with E-state index in [2.05, 4.69) is 4.98 Å². The first-order chi connectivity index (χ1) is 15.2. The maximum atomic E-state index is 14.3. The highest BCUT2D eigenvalue weighted by atomic mass is 19.4. The SMILES string of the molecule is Cn1c(CCC(F)(F)F)nc2ccc(-n3ccc(OC(F)c4ccccc4)cc3=O)cc21. The predicted molar refractivity (Wildman–Crippen MR) is 112 cm³/mol. The summed E-state index contributed by atoms with van der Waals surface area (Å²) >= 11 is 0. The van der Waals surface area contributed by atoms with Crippen molar-refractivity contribution in [2.24, 2.45) is 7.05 Å². The van der Waals surface area contributed by atoms with E-state index in [0.717, 1.165) is 0 Å². The molecule has 4 aromatic rings. The smallest absolute Gasteiger partial charge is 0.389 e. The Hall–Kier alpha value is -3.62. The molecule has 0 spiro atoms. The van der Waals surface area contributed by atoms with Gasteiger partial charge in [0.05, 0.1) is 23.1 Å². The molecule has 4 rings (SSSR count). The number of rotatable bonds is 6. The van der Waals surface area contributed by atoms with Crippen molar-refractivity contribution in [2.45, 2.75) is 25.4 Å². The zero-order chi connectivity index (χ0) is 22.9. The Labute approximate surface area is 180 Å². The van der Waals surface area contributed by atoms with Gasteiger partial charge in [-0.3, -0.25) is 9.36 Å². The zero-order valence-corrected chi connectivity index (χ0v) is 17.0. The Balaban J connectivity index is 1.58. The number of nitrogens with zero attached hydrogens (tertiary/aromatic N) is 3. The second-order valence-corrected chi connectivity index (χ2v) is 7.29. The molecule has 0 saturated carbocycles. The number of alkyl halides is 4. The van der Waals surface area contributed by atoms with E-state index in [1.165, 1.54) is 22.9 Å². The van der Waals surface area contributed by atoms with Crippen molar-refractivity contribution >= 4 is 11.0 Å². The van der Waals surface area contributed by atoms with Gasteiger partial charge in [0.1, 0.15) is 11.6 Å². The molecule has 5 nitrogen and oxygen atoms in total. The van der Waals surface area contributed by atoms with Crippen LogP contribution in [-0.4, -0.2) is 20.3 Å². The molecule has 2 aromatic heterocycles. The minimum atomic E-state index is -4.26. The van der Waals surface area contributed by atoms with E-state index in [4.69, 9.17) is 4.74 Å². The van der Waals surface area contributed by atoms with Crippen LogP contribution in [0.1, 0.15) is 24.2 Å². The monoisotopic (exact) mass is 445 g/mol. The Morgan fingerprint density at radius 1 is 1.06 bits per heavy atom. The van der Waals surface area contributed by atoms with E-state index in [0.29, 0.717) is 28.1 Å². The normalized spacial score (nSPS) is 12.8. The van der Waals surface area contributed by atoms with E-state index >= 15 is 0 Å². The highest BCUT2D eigenvalue weighted by molar-refractivity contribution is 5.78. The highest BCUT2D eigenvalue weighted by Crippen LogP contribution is 2.25. The third-order valence-electron chi connectivity index (χ3n) is 5.06. The quantitative estimate of drug-likeness (QED) is 0.380. The minimum absolute atomic E-state index is 0.0821. The van der Waals surface area contributed by atoms with Gasteiger partial charge in [0.2, 0.25) is 0 Å². The fourth-order valence-electron chi connectivity index (χ4n) is 3.39. The topological polar surface area (TPSA) is 49.0 Å². The molecule has 0 aliphatic heterocycles. The maximum absolute atomic E-state index is 14.3. The van der Waals surface area contributed by atoms with Crippen LogP contribution in [0.3, 0.4) is 0 Å². The minimum Gasteiger partial charge on any atom is -0.456 e. The van der Waals surface area contributed by atoms with Crippen molar-refractivity contribution < 1.29 is 22.3 Å². The molecule has 9 heteroatoms. The lowest BCUT2D eigenvalue weighted by molar-refractivity contribution is -0.134. The van der Waals surface area contributed by atoms with Crippen molar-refractivity contribution in [3.63, 3.8) is 0 Å². The molecule has 0 aliphatic rings. The van der Waals surface area contributed by atoms with Crippen LogP contribution in [0.5, 0.6) is 5.75 Å². The van der Waals surface area contributed by atoms with E-state index < -0.39 is 24.5 Å². The Morgan fingerprint density at radius 2 is 1.81 bits per heavy atom. The Morgan fingerprint density at radius 3 is 2.50 bits per heavy atom. The van der Waals surface area contributed by atoms with Gasteiger partial charge in [-0.2, -0.15) is 17.6 Å². The lowest BCUT2D eigenvalue weighted by Gasteiger charge is -2.13. The number of pyridine rings is 1. The summed E-state index contributed by atoms with van der Waals surface area (Å²) in [4.78, 5) is 16.9. The van der Waals surface area contributed by atoms with Gasteiger partial charge in [0.25, 0.3) is 11.9 Å². The summed E-state index contributed by atoms with van der Waals surface area (Å²) in [6, 6.07) is 15.9. The van der Waals surface area contributed by atoms with Crippen molar-refractivity contribution in [2.75, 3.05) is 0 Å². The summed E-state index contributed by atoms with van der Waals surface area (Å²) < 4.78 is 60.2. The van der Waals surface area contributed by atoms with E-state index in [1.807, 2.05) is 0 Å². The summed E-state index contributed by atoms with van der Waals surface area (Å²) in [6.07, 6.45) is -5.72. The summed E-state index contributed by atoms with van der Waals surface area (Å²) in [5, 5.41) is 0. The molecule has 0 N–H and O–H groups in total. The largest absolute Gasteiger partial charge is 0.456 e. The van der Waals surface area contributed by atoms with Crippen LogP contribution < -0.4 is 10.3 Å². The average molecular weight is 445 g/mol. The van der Waals surface area contributed by atoms with Gasteiger partial charge in [-0.15, -0.1) is 0 Å². The van der Waals surface area contributed by atoms with Crippen LogP contribution in [-0.2, 0) is 13.5 Å². The molecule has 32 heavy (non-hydrogen) atoms. The van der Waals surface area contributed by atoms with Crippen molar-refractivity contribution in [1.29, 1.82) is 0 Å². The van der Waals surface area contributed by atoms with Crippen LogP contribution in [0.25, 0.3) is 16.7 Å². The third kappa shape index (κ3) is 4.66. The van der Waals surface area contributed by atoms with Crippen LogP contribution in [0.2, 0.25) is 0 Å². The maximum Gasteiger partial charge on any atom is 0.389 e. The standard InChI is InChI=1S/C23H19F4N3O2/c1-29-19-13-16(7-8-18(19)28-20(29)9-11-23(25,26)27)30-12-10-17(14-21(30)31)32-22(24)15-5-3-2-4-6-15/h2-8,10,12-14,22H,9,11H2,1H3. The average Bonchev–Trinajstić information content (AvgIpc) is 3.07. The molecule has 166 valence electrons.